The summed E-state index contributed by atoms with van der Waals surface area (Å²) < 4.78 is 0. The third-order valence-corrected chi connectivity index (χ3v) is 8.17. The van der Waals surface area contributed by atoms with Crippen molar-refractivity contribution in [1.82, 2.24) is 5.32 Å². The number of aliphatic hydroxyl groups excluding tert-OH is 2. The van der Waals surface area contributed by atoms with Gasteiger partial charge in [0.15, 0.2) is 0 Å². The van der Waals surface area contributed by atoms with Crippen molar-refractivity contribution in [1.29, 1.82) is 0 Å². The van der Waals surface area contributed by atoms with E-state index < -0.39 is 29.5 Å². The first-order valence-corrected chi connectivity index (χ1v) is 12.4. The Morgan fingerprint density at radius 1 is 1.20 bits per heavy atom. The van der Waals surface area contributed by atoms with Gasteiger partial charge in [0, 0.05) is 34.1 Å². The summed E-state index contributed by atoms with van der Waals surface area (Å²) in [4.78, 5) is 25.6. The van der Waals surface area contributed by atoms with Crippen molar-refractivity contribution < 1.29 is 24.9 Å². The molecule has 0 saturated carbocycles. The van der Waals surface area contributed by atoms with Crippen LogP contribution in [0.15, 0.2) is 70.5 Å². The smallest absolute Gasteiger partial charge is 0.312 e. The molecule has 0 spiro atoms. The standard InChI is InChI=1S/C29H39NO5/c1-15(2)26(32)16(3)11-9-8-10-12-17(4)29(7)20-13-14-21(31)18(5)22(20)24-23(25(29)28(34)35)19(6)30-27(24)33/h8-12,15-16,18,21,25-26,31-32H,6,13-14H2,1-5,7H3,(H,30,33)(H,34,35)/b10-8+,11-9+,17-12+/t16-,18-,21+,25-,26+,29+/m0/s1. The summed E-state index contributed by atoms with van der Waals surface area (Å²) in [6.45, 7) is 15.7. The molecule has 0 bridgehead atoms. The molecule has 0 radical (unpaired) electrons. The largest absolute Gasteiger partial charge is 0.481 e. The highest BCUT2D eigenvalue weighted by molar-refractivity contribution is 6.07. The Hall–Kier alpha value is -2.70. The number of hydrogen-bond donors (Lipinski definition) is 4. The second kappa shape index (κ2) is 10.1. The van der Waals surface area contributed by atoms with Gasteiger partial charge in [0.1, 0.15) is 0 Å². The number of nitrogens with one attached hydrogen (secondary N) is 1. The Kier molecular flexibility index (Phi) is 7.77. The van der Waals surface area contributed by atoms with Crippen LogP contribution >= 0.6 is 0 Å². The van der Waals surface area contributed by atoms with Gasteiger partial charge in [0.25, 0.3) is 5.91 Å². The van der Waals surface area contributed by atoms with E-state index in [2.05, 4.69) is 11.9 Å². The Morgan fingerprint density at radius 3 is 2.46 bits per heavy atom. The average molecular weight is 482 g/mol. The van der Waals surface area contributed by atoms with Crippen LogP contribution in [0.2, 0.25) is 0 Å². The molecular formula is C29H39NO5. The van der Waals surface area contributed by atoms with E-state index in [-0.39, 0.29) is 23.7 Å². The van der Waals surface area contributed by atoms with Crippen molar-refractivity contribution in [3.05, 3.63) is 70.5 Å². The van der Waals surface area contributed by atoms with Crippen molar-refractivity contribution in [2.75, 3.05) is 0 Å². The van der Waals surface area contributed by atoms with Gasteiger partial charge in [-0.25, -0.2) is 0 Å². The molecule has 0 unspecified atom stereocenters. The number of carbonyl (C=O) groups is 2. The van der Waals surface area contributed by atoms with E-state index in [0.29, 0.717) is 29.7 Å². The third kappa shape index (κ3) is 4.62. The summed E-state index contributed by atoms with van der Waals surface area (Å²) in [7, 11) is 0. The van der Waals surface area contributed by atoms with Crippen LogP contribution in [0.1, 0.15) is 54.4 Å². The Bertz CT molecular complexity index is 1070. The van der Waals surface area contributed by atoms with Crippen molar-refractivity contribution in [3.8, 4) is 0 Å². The quantitative estimate of drug-likeness (QED) is 0.402. The second-order valence-corrected chi connectivity index (χ2v) is 10.7. The second-order valence-electron chi connectivity index (χ2n) is 10.7. The summed E-state index contributed by atoms with van der Waals surface area (Å²) in [5.74, 6) is -2.40. The van der Waals surface area contributed by atoms with Crippen LogP contribution in [0.4, 0.5) is 0 Å². The van der Waals surface area contributed by atoms with Gasteiger partial charge in [-0.1, -0.05) is 82.7 Å². The molecule has 2 aliphatic carbocycles. The fourth-order valence-corrected chi connectivity index (χ4v) is 5.88. The average Bonchev–Trinajstić information content (AvgIpc) is 3.07. The third-order valence-electron chi connectivity index (χ3n) is 8.17. The van der Waals surface area contributed by atoms with Crippen molar-refractivity contribution >= 4 is 11.9 Å². The highest BCUT2D eigenvalue weighted by Crippen LogP contribution is 2.58. The maximum Gasteiger partial charge on any atom is 0.312 e. The molecule has 35 heavy (non-hydrogen) atoms. The first-order chi connectivity index (χ1) is 16.3. The number of rotatable bonds is 7. The van der Waals surface area contributed by atoms with Gasteiger partial charge in [-0.3, -0.25) is 9.59 Å². The molecule has 0 aromatic heterocycles. The number of fused-ring (bicyclic) bond motifs is 1. The lowest BCUT2D eigenvalue weighted by Gasteiger charge is -2.47. The zero-order valence-electron chi connectivity index (χ0n) is 21.6. The number of hydrogen-bond acceptors (Lipinski definition) is 4. The number of aliphatic hydroxyl groups is 2. The highest BCUT2D eigenvalue weighted by atomic mass is 16.4. The van der Waals surface area contributed by atoms with Gasteiger partial charge in [0.05, 0.1) is 18.1 Å². The molecule has 1 aliphatic heterocycles. The van der Waals surface area contributed by atoms with Gasteiger partial charge in [-0.2, -0.15) is 0 Å². The van der Waals surface area contributed by atoms with Crippen LogP contribution in [-0.2, 0) is 9.59 Å². The molecule has 3 aliphatic rings. The molecule has 0 aromatic carbocycles. The fourth-order valence-electron chi connectivity index (χ4n) is 5.88. The zero-order chi connectivity index (χ0) is 26.2. The van der Waals surface area contributed by atoms with E-state index in [4.69, 9.17) is 0 Å². The molecular weight excluding hydrogens is 442 g/mol. The lowest BCUT2D eigenvalue weighted by Crippen LogP contribution is -2.44. The highest BCUT2D eigenvalue weighted by Gasteiger charge is 2.55. The molecule has 3 rings (SSSR count). The lowest BCUT2D eigenvalue weighted by atomic mass is 9.55. The van der Waals surface area contributed by atoms with Gasteiger partial charge in [0.2, 0.25) is 0 Å². The van der Waals surface area contributed by atoms with E-state index in [1.54, 1.807) is 0 Å². The van der Waals surface area contributed by atoms with Crippen molar-refractivity contribution in [2.45, 2.75) is 66.6 Å². The van der Waals surface area contributed by atoms with E-state index in [9.17, 15) is 24.9 Å². The minimum atomic E-state index is -1.00. The number of allylic oxidation sites excluding steroid dienone is 7. The van der Waals surface area contributed by atoms with Gasteiger partial charge < -0.3 is 20.6 Å². The minimum Gasteiger partial charge on any atom is -0.481 e. The SMILES string of the molecule is C=C1NC(=O)C2=C1[C@@H](C(=O)O)[C@](C)(/C(C)=C/C=C/C=C/[C@H](C)[C@H](O)C(C)C)C1=C2[C@@H](C)[C@H](O)CC1. The lowest BCUT2D eigenvalue weighted by molar-refractivity contribution is -0.143. The Balaban J connectivity index is 2.06. The maximum absolute atomic E-state index is 12.9. The summed E-state index contributed by atoms with van der Waals surface area (Å²) >= 11 is 0. The van der Waals surface area contributed by atoms with Crippen LogP contribution in [0.25, 0.3) is 0 Å². The summed E-state index contributed by atoms with van der Waals surface area (Å²) in [5.41, 5.74) is 2.80. The summed E-state index contributed by atoms with van der Waals surface area (Å²) in [6, 6.07) is 0. The molecule has 4 N–H and O–H groups in total. The monoisotopic (exact) mass is 481 g/mol. The Labute approximate surface area is 208 Å². The van der Waals surface area contributed by atoms with Crippen molar-refractivity contribution in [2.24, 2.45) is 29.1 Å². The summed E-state index contributed by atoms with van der Waals surface area (Å²) in [6.07, 6.45) is 9.56. The molecule has 1 heterocycles. The van der Waals surface area contributed by atoms with Gasteiger partial charge in [-0.15, -0.1) is 0 Å². The van der Waals surface area contributed by atoms with Gasteiger partial charge >= 0.3 is 5.97 Å². The van der Waals surface area contributed by atoms with E-state index >= 15 is 0 Å². The van der Waals surface area contributed by atoms with Crippen molar-refractivity contribution in [3.63, 3.8) is 0 Å². The fraction of sp³-hybridized carbons (Fsp3) is 0.517. The zero-order valence-corrected chi connectivity index (χ0v) is 21.6. The first-order valence-electron chi connectivity index (χ1n) is 12.4. The molecule has 190 valence electrons. The van der Waals surface area contributed by atoms with Crippen LogP contribution < -0.4 is 5.32 Å². The van der Waals surface area contributed by atoms with Crippen LogP contribution in [-0.4, -0.2) is 39.4 Å². The normalized spacial score (nSPS) is 31.3. The minimum absolute atomic E-state index is 0.0172. The van der Waals surface area contributed by atoms with E-state index in [1.807, 2.05) is 71.9 Å². The topological polar surface area (TPSA) is 107 Å². The maximum atomic E-state index is 12.9. The first kappa shape index (κ1) is 26.9. The molecule has 0 saturated heterocycles. The van der Waals surface area contributed by atoms with Gasteiger partial charge in [-0.05, 0) is 31.3 Å². The number of carboxylic acids is 1. The molecule has 0 fully saturated rings. The molecule has 6 atom stereocenters. The number of carbonyl (C=O) groups excluding carboxylic acids is 1. The van der Waals surface area contributed by atoms with Crippen LogP contribution in [0.5, 0.6) is 0 Å². The van der Waals surface area contributed by atoms with Crippen LogP contribution in [0, 0.1) is 29.1 Å². The summed E-state index contributed by atoms with van der Waals surface area (Å²) in [5, 5.41) is 33.9. The predicted octanol–water partition coefficient (Wildman–Crippen LogP) is 4.45. The molecule has 6 heteroatoms. The van der Waals surface area contributed by atoms with E-state index in [1.165, 1.54) is 0 Å². The van der Waals surface area contributed by atoms with E-state index in [0.717, 1.165) is 16.7 Å². The molecule has 6 nitrogen and oxygen atoms in total. The molecule has 0 aromatic rings. The van der Waals surface area contributed by atoms with Crippen LogP contribution in [0.3, 0.4) is 0 Å². The number of amides is 1. The number of aliphatic carboxylic acids is 1. The molecule has 1 amide bonds. The number of carboxylic acid groups (broad SMARTS) is 1. The predicted molar refractivity (Wildman–Crippen MR) is 137 cm³/mol. The Morgan fingerprint density at radius 2 is 1.86 bits per heavy atom.